The fourth-order valence-corrected chi connectivity index (χ4v) is 4.47. The van der Waals surface area contributed by atoms with Gasteiger partial charge in [-0.05, 0) is 67.9 Å². The molecule has 3 nitrogen and oxygen atoms in total. The van der Waals surface area contributed by atoms with Crippen molar-refractivity contribution < 1.29 is 18.0 Å². The van der Waals surface area contributed by atoms with Gasteiger partial charge in [-0.2, -0.15) is 13.2 Å². The standard InChI is InChI=1S/C24H19Cl2F3N2O/c1-15-4-3-5-16(14-15)21-23(2,24(27,28)29)31(20-12-8-18(26)9-13-20)22(32)30(21)19-10-6-17(25)7-11-19/h3-14,21H,1-2H3/t21-,23-/m0/s1. The predicted molar refractivity (Wildman–Crippen MR) is 122 cm³/mol. The molecule has 0 spiro atoms. The van der Waals surface area contributed by atoms with E-state index >= 15 is 0 Å². The number of hydrogen-bond acceptors (Lipinski definition) is 1. The highest BCUT2D eigenvalue weighted by molar-refractivity contribution is 6.31. The molecule has 1 saturated heterocycles. The molecule has 3 aromatic rings. The number of amides is 2. The molecule has 0 aromatic heterocycles. The molecule has 3 aromatic carbocycles. The maximum absolute atomic E-state index is 14.9. The van der Waals surface area contributed by atoms with Crippen molar-refractivity contribution in [3.8, 4) is 0 Å². The molecule has 0 aliphatic carbocycles. The van der Waals surface area contributed by atoms with Crippen molar-refractivity contribution in [3.63, 3.8) is 0 Å². The average Bonchev–Trinajstić information content (AvgIpc) is 2.97. The molecule has 2 atom stereocenters. The Kier molecular flexibility index (Phi) is 5.63. The lowest BCUT2D eigenvalue weighted by atomic mass is 9.84. The summed E-state index contributed by atoms with van der Waals surface area (Å²) >= 11 is 11.9. The number of alkyl halides is 3. The largest absolute Gasteiger partial charge is 0.414 e. The number of hydrogen-bond donors (Lipinski definition) is 0. The summed E-state index contributed by atoms with van der Waals surface area (Å²) in [5.41, 5.74) is -0.970. The highest BCUT2D eigenvalue weighted by Gasteiger charge is 2.69. The molecule has 1 aliphatic heterocycles. The van der Waals surface area contributed by atoms with Crippen molar-refractivity contribution in [3.05, 3.63) is 94.0 Å². The van der Waals surface area contributed by atoms with Crippen LogP contribution in [0.15, 0.2) is 72.8 Å². The van der Waals surface area contributed by atoms with Crippen molar-refractivity contribution in [2.75, 3.05) is 9.80 Å². The summed E-state index contributed by atoms with van der Waals surface area (Å²) in [5.74, 6) is 0. The number of carbonyl (C=O) groups excluding carboxylic acids is 1. The summed E-state index contributed by atoms with van der Waals surface area (Å²) in [6.45, 7) is 2.86. The van der Waals surface area contributed by atoms with Crippen molar-refractivity contribution in [1.82, 2.24) is 0 Å². The van der Waals surface area contributed by atoms with Gasteiger partial charge in [-0.1, -0.05) is 53.0 Å². The summed E-state index contributed by atoms with van der Waals surface area (Å²) in [5, 5.41) is 0.777. The van der Waals surface area contributed by atoms with Crippen LogP contribution in [0, 0.1) is 6.92 Å². The van der Waals surface area contributed by atoms with E-state index in [1.807, 2.05) is 0 Å². The number of carbonyl (C=O) groups is 1. The van der Waals surface area contributed by atoms with Crippen LogP contribution in [0.1, 0.15) is 24.1 Å². The Hall–Kier alpha value is -2.70. The minimum absolute atomic E-state index is 0.105. The van der Waals surface area contributed by atoms with Gasteiger partial charge in [0, 0.05) is 21.4 Å². The third-order valence-electron chi connectivity index (χ3n) is 5.77. The van der Waals surface area contributed by atoms with Crippen LogP contribution in [-0.2, 0) is 0 Å². The zero-order chi connectivity index (χ0) is 23.3. The number of nitrogens with zero attached hydrogens (tertiary/aromatic N) is 2. The molecule has 0 saturated carbocycles. The predicted octanol–water partition coefficient (Wildman–Crippen LogP) is 7.81. The Balaban J connectivity index is 2.01. The zero-order valence-corrected chi connectivity index (χ0v) is 18.7. The number of aryl methyl sites for hydroxylation is 1. The number of rotatable bonds is 3. The van der Waals surface area contributed by atoms with Crippen molar-refractivity contribution in [1.29, 1.82) is 0 Å². The van der Waals surface area contributed by atoms with Crippen molar-refractivity contribution >= 4 is 40.6 Å². The van der Waals surface area contributed by atoms with Gasteiger partial charge in [0.2, 0.25) is 0 Å². The summed E-state index contributed by atoms with van der Waals surface area (Å²) < 4.78 is 44.6. The monoisotopic (exact) mass is 478 g/mol. The third kappa shape index (κ3) is 3.61. The van der Waals surface area contributed by atoms with E-state index in [0.717, 1.165) is 17.4 Å². The molecule has 1 heterocycles. The molecule has 1 aliphatic rings. The van der Waals surface area contributed by atoms with E-state index in [4.69, 9.17) is 23.2 Å². The Morgan fingerprint density at radius 2 is 1.41 bits per heavy atom. The molecular weight excluding hydrogens is 460 g/mol. The van der Waals surface area contributed by atoms with Crippen LogP contribution in [0.4, 0.5) is 29.3 Å². The van der Waals surface area contributed by atoms with Crippen LogP contribution < -0.4 is 9.80 Å². The van der Waals surface area contributed by atoms with Gasteiger partial charge in [-0.25, -0.2) is 4.79 Å². The maximum atomic E-state index is 14.9. The highest BCUT2D eigenvalue weighted by atomic mass is 35.5. The van der Waals surface area contributed by atoms with E-state index < -0.39 is 23.8 Å². The topological polar surface area (TPSA) is 23.6 Å². The number of halogens is 5. The molecule has 0 N–H and O–H groups in total. The highest BCUT2D eigenvalue weighted by Crippen LogP contribution is 2.54. The van der Waals surface area contributed by atoms with Gasteiger partial charge in [0.25, 0.3) is 0 Å². The lowest BCUT2D eigenvalue weighted by Crippen LogP contribution is -2.57. The molecule has 2 amide bonds. The number of anilines is 2. The first kappa shape index (κ1) is 22.5. The Morgan fingerprint density at radius 1 is 0.875 bits per heavy atom. The van der Waals surface area contributed by atoms with Gasteiger partial charge in [-0.3, -0.25) is 9.80 Å². The minimum Gasteiger partial charge on any atom is -0.284 e. The first-order valence-electron chi connectivity index (χ1n) is 9.82. The zero-order valence-electron chi connectivity index (χ0n) is 17.2. The summed E-state index contributed by atoms with van der Waals surface area (Å²) in [4.78, 5) is 15.7. The van der Waals surface area contributed by atoms with Gasteiger partial charge in [0.05, 0.1) is 6.04 Å². The van der Waals surface area contributed by atoms with Crippen LogP contribution in [0.2, 0.25) is 10.0 Å². The van der Waals surface area contributed by atoms with Gasteiger partial charge in [0.15, 0.2) is 5.54 Å². The molecule has 8 heteroatoms. The molecule has 0 bridgehead atoms. The van der Waals surface area contributed by atoms with E-state index in [-0.39, 0.29) is 5.69 Å². The minimum atomic E-state index is -4.75. The van der Waals surface area contributed by atoms with E-state index in [2.05, 4.69) is 0 Å². The summed E-state index contributed by atoms with van der Waals surface area (Å²) in [6, 6.07) is 16.6. The maximum Gasteiger partial charge on any atom is 0.414 e. The second-order valence-corrected chi connectivity index (χ2v) is 8.78. The molecular formula is C24H19Cl2F3N2O. The molecule has 4 rings (SSSR count). The molecule has 32 heavy (non-hydrogen) atoms. The first-order chi connectivity index (χ1) is 15.0. The Morgan fingerprint density at radius 3 is 1.91 bits per heavy atom. The lowest BCUT2D eigenvalue weighted by molar-refractivity contribution is -0.182. The summed E-state index contributed by atoms with van der Waals surface area (Å²) in [6.07, 6.45) is -4.75. The second kappa shape index (κ2) is 8.01. The van der Waals surface area contributed by atoms with E-state index in [0.29, 0.717) is 21.3 Å². The molecule has 166 valence electrons. The number of benzene rings is 3. The first-order valence-corrected chi connectivity index (χ1v) is 10.6. The SMILES string of the molecule is Cc1cccc([C@@H]2N(c3ccc(Cl)cc3)C(=O)N(c3ccc(Cl)cc3)[C@]2(C)C(F)(F)F)c1. The van der Waals surface area contributed by atoms with Crippen LogP contribution in [0.25, 0.3) is 0 Å². The van der Waals surface area contributed by atoms with Gasteiger partial charge < -0.3 is 0 Å². The van der Waals surface area contributed by atoms with Crippen molar-refractivity contribution in [2.24, 2.45) is 0 Å². The van der Waals surface area contributed by atoms with Crippen LogP contribution >= 0.6 is 23.2 Å². The molecule has 0 radical (unpaired) electrons. The molecule has 0 unspecified atom stereocenters. The fraction of sp³-hybridized carbons (Fsp3) is 0.208. The van der Waals surface area contributed by atoms with Crippen LogP contribution in [0.3, 0.4) is 0 Å². The van der Waals surface area contributed by atoms with Crippen molar-refractivity contribution in [2.45, 2.75) is 31.6 Å². The normalized spacial score (nSPS) is 21.3. The third-order valence-corrected chi connectivity index (χ3v) is 6.28. The Bertz CT molecular complexity index is 1150. The van der Waals surface area contributed by atoms with Crippen LogP contribution in [0.5, 0.6) is 0 Å². The fourth-order valence-electron chi connectivity index (χ4n) is 4.22. The quantitative estimate of drug-likeness (QED) is 0.376. The van der Waals surface area contributed by atoms with Gasteiger partial charge in [-0.15, -0.1) is 0 Å². The van der Waals surface area contributed by atoms with E-state index in [1.54, 1.807) is 55.5 Å². The summed E-state index contributed by atoms with van der Waals surface area (Å²) in [7, 11) is 0. The second-order valence-electron chi connectivity index (χ2n) is 7.90. The van der Waals surface area contributed by atoms with Gasteiger partial charge in [0.1, 0.15) is 0 Å². The molecule has 1 fully saturated rings. The van der Waals surface area contributed by atoms with Crippen LogP contribution in [-0.4, -0.2) is 17.7 Å². The van der Waals surface area contributed by atoms with E-state index in [1.165, 1.54) is 29.2 Å². The lowest BCUT2D eigenvalue weighted by Gasteiger charge is -2.40. The Labute approximate surface area is 194 Å². The number of urea groups is 1. The smallest absolute Gasteiger partial charge is 0.284 e. The van der Waals surface area contributed by atoms with Gasteiger partial charge >= 0.3 is 12.2 Å². The average molecular weight is 479 g/mol. The van der Waals surface area contributed by atoms with E-state index in [9.17, 15) is 18.0 Å².